The number of carbonyl (C=O) groups excluding carboxylic acids is 1. The largest absolute Gasteiger partial charge is 0.497 e. The van der Waals surface area contributed by atoms with E-state index < -0.39 is 5.38 Å². The van der Waals surface area contributed by atoms with Crippen LogP contribution in [0.25, 0.3) is 0 Å². The van der Waals surface area contributed by atoms with Crippen LogP contribution in [-0.2, 0) is 4.79 Å². The summed E-state index contributed by atoms with van der Waals surface area (Å²) in [6.45, 7) is 1.99. The Bertz CT molecular complexity index is 578. The van der Waals surface area contributed by atoms with Crippen LogP contribution in [0.15, 0.2) is 48.5 Å². The molecule has 20 heavy (non-hydrogen) atoms. The minimum absolute atomic E-state index is 0.249. The zero-order valence-electron chi connectivity index (χ0n) is 11.4. The summed E-state index contributed by atoms with van der Waals surface area (Å²) < 4.78 is 5.07. The molecule has 104 valence electrons. The third-order valence-electron chi connectivity index (χ3n) is 2.96. The molecule has 1 unspecified atom stereocenters. The predicted molar refractivity (Wildman–Crippen MR) is 81.4 cm³/mol. The molecule has 2 aromatic carbocycles. The molecule has 0 saturated carbocycles. The number of halogens is 1. The second kappa shape index (κ2) is 6.44. The lowest BCUT2D eigenvalue weighted by atomic mass is 10.1. The molecule has 0 aliphatic carbocycles. The monoisotopic (exact) mass is 289 g/mol. The van der Waals surface area contributed by atoms with Gasteiger partial charge >= 0.3 is 0 Å². The van der Waals surface area contributed by atoms with Crippen LogP contribution >= 0.6 is 11.6 Å². The van der Waals surface area contributed by atoms with Crippen molar-refractivity contribution in [3.63, 3.8) is 0 Å². The summed E-state index contributed by atoms with van der Waals surface area (Å²) in [7, 11) is 1.59. The minimum Gasteiger partial charge on any atom is -0.497 e. The lowest BCUT2D eigenvalue weighted by Crippen LogP contribution is -2.17. The first kappa shape index (κ1) is 14.4. The number of benzene rings is 2. The lowest BCUT2D eigenvalue weighted by molar-refractivity contribution is -0.116. The van der Waals surface area contributed by atoms with Crippen molar-refractivity contribution in [2.24, 2.45) is 0 Å². The van der Waals surface area contributed by atoms with Gasteiger partial charge in [-0.15, -0.1) is 11.6 Å². The van der Waals surface area contributed by atoms with Crippen molar-refractivity contribution in [1.82, 2.24) is 0 Å². The number of hydrogen-bond acceptors (Lipinski definition) is 2. The molecule has 0 aromatic heterocycles. The van der Waals surface area contributed by atoms with Gasteiger partial charge in [0.25, 0.3) is 0 Å². The third-order valence-corrected chi connectivity index (χ3v) is 3.41. The van der Waals surface area contributed by atoms with E-state index in [1.54, 1.807) is 31.4 Å². The zero-order chi connectivity index (χ0) is 14.5. The molecule has 1 amide bonds. The van der Waals surface area contributed by atoms with Crippen LogP contribution in [-0.4, -0.2) is 13.0 Å². The van der Waals surface area contributed by atoms with Gasteiger partial charge < -0.3 is 10.1 Å². The Hall–Kier alpha value is -2.00. The van der Waals surface area contributed by atoms with Crippen molar-refractivity contribution < 1.29 is 9.53 Å². The van der Waals surface area contributed by atoms with Crippen LogP contribution in [0.4, 0.5) is 5.69 Å². The molecule has 0 spiro atoms. The first-order chi connectivity index (χ1) is 9.60. The van der Waals surface area contributed by atoms with E-state index in [1.165, 1.54) is 0 Å². The number of alkyl halides is 1. The summed E-state index contributed by atoms with van der Waals surface area (Å²) in [6.07, 6.45) is 0. The first-order valence-electron chi connectivity index (χ1n) is 6.25. The zero-order valence-corrected chi connectivity index (χ0v) is 12.1. The Morgan fingerprint density at radius 1 is 1.10 bits per heavy atom. The number of carbonyl (C=O) groups is 1. The minimum atomic E-state index is -0.734. The summed E-state index contributed by atoms with van der Waals surface area (Å²) in [4.78, 5) is 12.1. The van der Waals surface area contributed by atoms with E-state index in [0.717, 1.165) is 22.6 Å². The Morgan fingerprint density at radius 2 is 1.70 bits per heavy atom. The normalized spacial score (nSPS) is 11.8. The topological polar surface area (TPSA) is 38.3 Å². The smallest absolute Gasteiger partial charge is 0.246 e. The van der Waals surface area contributed by atoms with Gasteiger partial charge in [-0.25, -0.2) is 0 Å². The highest BCUT2D eigenvalue weighted by atomic mass is 35.5. The molecule has 0 aliphatic heterocycles. The predicted octanol–water partition coefficient (Wildman–Crippen LogP) is 3.92. The highest BCUT2D eigenvalue weighted by Gasteiger charge is 2.17. The summed E-state index contributed by atoms with van der Waals surface area (Å²) in [5.41, 5.74) is 2.61. The van der Waals surface area contributed by atoms with Crippen LogP contribution in [0, 0.1) is 6.92 Å². The number of nitrogens with one attached hydrogen (secondary N) is 1. The molecule has 3 nitrogen and oxygen atoms in total. The standard InChI is InChI=1S/C16H16ClNO2/c1-11-3-7-13(8-4-11)18-16(19)15(17)12-5-9-14(20-2)10-6-12/h3-10,15H,1-2H3,(H,18,19). The Morgan fingerprint density at radius 3 is 2.25 bits per heavy atom. The van der Waals surface area contributed by atoms with E-state index in [0.29, 0.717) is 0 Å². The van der Waals surface area contributed by atoms with Crippen molar-refractivity contribution in [1.29, 1.82) is 0 Å². The van der Waals surface area contributed by atoms with E-state index in [9.17, 15) is 4.79 Å². The van der Waals surface area contributed by atoms with Gasteiger partial charge in [-0.3, -0.25) is 4.79 Å². The molecule has 0 saturated heterocycles. The van der Waals surface area contributed by atoms with E-state index in [2.05, 4.69) is 5.32 Å². The van der Waals surface area contributed by atoms with Crippen molar-refractivity contribution in [3.05, 3.63) is 59.7 Å². The average Bonchev–Trinajstić information content (AvgIpc) is 2.49. The van der Waals surface area contributed by atoms with Gasteiger partial charge in [-0.05, 0) is 36.8 Å². The van der Waals surface area contributed by atoms with Crippen LogP contribution in [0.5, 0.6) is 5.75 Å². The maximum Gasteiger partial charge on any atom is 0.246 e. The van der Waals surface area contributed by atoms with E-state index in [1.807, 2.05) is 31.2 Å². The van der Waals surface area contributed by atoms with E-state index in [-0.39, 0.29) is 5.91 Å². The van der Waals surface area contributed by atoms with Gasteiger partial charge in [0.15, 0.2) is 0 Å². The molecule has 2 aromatic rings. The SMILES string of the molecule is COc1ccc(C(Cl)C(=O)Nc2ccc(C)cc2)cc1. The van der Waals surface area contributed by atoms with E-state index >= 15 is 0 Å². The second-order valence-corrected chi connectivity index (χ2v) is 4.93. The van der Waals surface area contributed by atoms with Gasteiger partial charge in [0.2, 0.25) is 5.91 Å². The van der Waals surface area contributed by atoms with Crippen LogP contribution in [0.1, 0.15) is 16.5 Å². The molecule has 0 bridgehead atoms. The molecule has 0 radical (unpaired) electrons. The highest BCUT2D eigenvalue weighted by Crippen LogP contribution is 2.24. The molecular formula is C16H16ClNO2. The molecule has 0 heterocycles. The fourth-order valence-corrected chi connectivity index (χ4v) is 1.97. The summed E-state index contributed by atoms with van der Waals surface area (Å²) in [5.74, 6) is 0.484. The summed E-state index contributed by atoms with van der Waals surface area (Å²) >= 11 is 6.18. The molecule has 2 rings (SSSR count). The number of aryl methyl sites for hydroxylation is 1. The van der Waals surface area contributed by atoms with Crippen molar-refractivity contribution in [2.75, 3.05) is 12.4 Å². The fraction of sp³-hybridized carbons (Fsp3) is 0.188. The Balaban J connectivity index is 2.05. The van der Waals surface area contributed by atoms with E-state index in [4.69, 9.17) is 16.3 Å². The van der Waals surface area contributed by atoms with Gasteiger partial charge in [0.1, 0.15) is 11.1 Å². The molecule has 0 aliphatic rings. The van der Waals surface area contributed by atoms with Crippen LogP contribution in [0.2, 0.25) is 0 Å². The number of anilines is 1. The quantitative estimate of drug-likeness (QED) is 0.866. The van der Waals surface area contributed by atoms with Gasteiger partial charge in [-0.2, -0.15) is 0 Å². The number of ether oxygens (including phenoxy) is 1. The number of rotatable bonds is 4. The number of methoxy groups -OCH3 is 1. The Labute approximate surface area is 123 Å². The van der Waals surface area contributed by atoms with Crippen LogP contribution < -0.4 is 10.1 Å². The molecular weight excluding hydrogens is 274 g/mol. The number of hydrogen-bond donors (Lipinski definition) is 1. The number of amides is 1. The Kier molecular flexibility index (Phi) is 4.64. The van der Waals surface area contributed by atoms with Crippen molar-refractivity contribution in [2.45, 2.75) is 12.3 Å². The molecule has 1 N–H and O–H groups in total. The van der Waals surface area contributed by atoms with Crippen LogP contribution in [0.3, 0.4) is 0 Å². The molecule has 4 heteroatoms. The fourth-order valence-electron chi connectivity index (χ4n) is 1.77. The molecule has 1 atom stereocenters. The lowest BCUT2D eigenvalue weighted by Gasteiger charge is -2.11. The average molecular weight is 290 g/mol. The van der Waals surface area contributed by atoms with Crippen molar-refractivity contribution >= 4 is 23.2 Å². The highest BCUT2D eigenvalue weighted by molar-refractivity contribution is 6.32. The maximum atomic E-state index is 12.1. The van der Waals surface area contributed by atoms with Gasteiger partial charge in [-0.1, -0.05) is 29.8 Å². The molecule has 0 fully saturated rings. The summed E-state index contributed by atoms with van der Waals surface area (Å²) in [5, 5.41) is 2.06. The summed E-state index contributed by atoms with van der Waals surface area (Å²) in [6, 6.07) is 14.7. The first-order valence-corrected chi connectivity index (χ1v) is 6.69. The van der Waals surface area contributed by atoms with Crippen molar-refractivity contribution in [3.8, 4) is 5.75 Å². The van der Waals surface area contributed by atoms with Gasteiger partial charge in [0.05, 0.1) is 7.11 Å². The second-order valence-electron chi connectivity index (χ2n) is 4.49. The van der Waals surface area contributed by atoms with Gasteiger partial charge in [0, 0.05) is 5.69 Å². The maximum absolute atomic E-state index is 12.1. The third kappa shape index (κ3) is 3.52.